The smallest absolute Gasteiger partial charge is 0.305 e. The molecule has 0 saturated heterocycles. The van der Waals surface area contributed by atoms with Crippen LogP contribution in [0.1, 0.15) is 32.7 Å². The molecular weight excluding hydrogens is 332 g/mol. The quantitative estimate of drug-likeness (QED) is 0.796. The first kappa shape index (κ1) is 17.7. The Bertz CT molecular complexity index is 744. The number of benzene rings is 1. The molecule has 1 amide bonds. The van der Waals surface area contributed by atoms with E-state index < -0.39 is 12.0 Å². The number of thiazole rings is 1. The highest BCUT2D eigenvalue weighted by atomic mass is 32.1. The minimum atomic E-state index is -1.02. The third-order valence-corrected chi connectivity index (χ3v) is 4.25. The van der Waals surface area contributed by atoms with Crippen LogP contribution in [0, 0.1) is 6.92 Å². The third kappa shape index (κ3) is 4.23. The fourth-order valence-electron chi connectivity index (χ4n) is 2.19. The summed E-state index contributed by atoms with van der Waals surface area (Å²) in [7, 11) is 3.01. The molecule has 24 heavy (non-hydrogen) atoms. The number of aliphatic carboxylic acids is 1. The van der Waals surface area contributed by atoms with Crippen molar-refractivity contribution in [2.24, 2.45) is 0 Å². The molecule has 0 aliphatic heterocycles. The average Bonchev–Trinajstić information content (AvgIpc) is 2.99. The Balaban J connectivity index is 2.28. The van der Waals surface area contributed by atoms with E-state index in [0.717, 1.165) is 5.01 Å². The number of carbonyl (C=O) groups is 2. The van der Waals surface area contributed by atoms with Crippen LogP contribution < -0.4 is 14.8 Å². The van der Waals surface area contributed by atoms with Gasteiger partial charge in [0.25, 0.3) is 5.91 Å². The maximum atomic E-state index is 12.3. The second kappa shape index (κ2) is 7.78. The van der Waals surface area contributed by atoms with Gasteiger partial charge in [-0.15, -0.1) is 11.3 Å². The van der Waals surface area contributed by atoms with Gasteiger partial charge in [-0.25, -0.2) is 4.98 Å². The van der Waals surface area contributed by atoms with Gasteiger partial charge in [0, 0.05) is 0 Å². The van der Waals surface area contributed by atoms with Crippen molar-refractivity contribution < 1.29 is 24.2 Å². The van der Waals surface area contributed by atoms with Gasteiger partial charge in [-0.05, 0) is 24.6 Å². The first-order chi connectivity index (χ1) is 11.4. The summed E-state index contributed by atoms with van der Waals surface area (Å²) in [6, 6.07) is 4.33. The molecule has 1 unspecified atom stereocenters. The highest BCUT2D eigenvalue weighted by Gasteiger charge is 2.21. The van der Waals surface area contributed by atoms with Crippen molar-refractivity contribution in [2.75, 3.05) is 14.2 Å². The molecule has 0 bridgehead atoms. The standard InChI is InChI=1S/C16H18N2O5S/c1-9-17-8-14(24-9)16(21)18-11(7-15(19)20)10-4-5-12(22-2)13(6-10)23-3/h4-6,8,11H,7H2,1-3H3,(H,18,21)(H,19,20). The molecule has 1 heterocycles. The zero-order valence-corrected chi connectivity index (χ0v) is 14.3. The van der Waals surface area contributed by atoms with E-state index in [1.54, 1.807) is 25.1 Å². The highest BCUT2D eigenvalue weighted by Crippen LogP contribution is 2.31. The Hall–Kier alpha value is -2.61. The number of carboxylic acids is 1. The van der Waals surface area contributed by atoms with Gasteiger partial charge in [-0.2, -0.15) is 0 Å². The van der Waals surface area contributed by atoms with Crippen LogP contribution >= 0.6 is 11.3 Å². The fraction of sp³-hybridized carbons (Fsp3) is 0.312. The van der Waals surface area contributed by atoms with Gasteiger partial charge >= 0.3 is 5.97 Å². The molecule has 1 aromatic heterocycles. The number of nitrogens with zero attached hydrogens (tertiary/aromatic N) is 1. The number of hydrogen-bond donors (Lipinski definition) is 2. The molecule has 0 aliphatic rings. The summed E-state index contributed by atoms with van der Waals surface area (Å²) in [5.74, 6) is -0.384. The molecule has 1 atom stereocenters. The van der Waals surface area contributed by atoms with E-state index in [9.17, 15) is 9.59 Å². The monoisotopic (exact) mass is 350 g/mol. The summed E-state index contributed by atoms with van der Waals surface area (Å²) in [5.41, 5.74) is 0.615. The Morgan fingerprint density at radius 2 is 2.00 bits per heavy atom. The van der Waals surface area contributed by atoms with Crippen LogP contribution in [0.15, 0.2) is 24.4 Å². The fourth-order valence-corrected chi connectivity index (χ4v) is 2.87. The number of carboxylic acid groups (broad SMARTS) is 1. The van der Waals surface area contributed by atoms with Gasteiger partial charge in [-0.1, -0.05) is 6.07 Å². The Kier molecular flexibility index (Phi) is 5.75. The van der Waals surface area contributed by atoms with Crippen LogP contribution in [0.3, 0.4) is 0 Å². The summed E-state index contributed by atoms with van der Waals surface area (Å²) in [6.45, 7) is 1.80. The molecule has 2 rings (SSSR count). The first-order valence-electron chi connectivity index (χ1n) is 7.11. The molecule has 8 heteroatoms. The Labute approximate surface area is 143 Å². The largest absolute Gasteiger partial charge is 0.493 e. The number of amides is 1. The number of ether oxygens (including phenoxy) is 2. The zero-order chi connectivity index (χ0) is 17.7. The van der Waals surface area contributed by atoms with Gasteiger partial charge in [0.1, 0.15) is 4.88 Å². The molecule has 2 N–H and O–H groups in total. The van der Waals surface area contributed by atoms with Crippen LogP contribution in [0.25, 0.3) is 0 Å². The third-order valence-electron chi connectivity index (χ3n) is 3.34. The van der Waals surface area contributed by atoms with E-state index in [0.29, 0.717) is 21.9 Å². The number of aromatic nitrogens is 1. The van der Waals surface area contributed by atoms with Crippen LogP contribution in [0.2, 0.25) is 0 Å². The van der Waals surface area contributed by atoms with Crippen molar-refractivity contribution in [2.45, 2.75) is 19.4 Å². The topological polar surface area (TPSA) is 97.8 Å². The minimum Gasteiger partial charge on any atom is -0.493 e. The Morgan fingerprint density at radius 1 is 1.29 bits per heavy atom. The van der Waals surface area contributed by atoms with Crippen molar-refractivity contribution in [3.8, 4) is 11.5 Å². The number of carbonyl (C=O) groups excluding carboxylic acids is 1. The number of nitrogens with one attached hydrogen (secondary N) is 1. The summed E-state index contributed by atoms with van der Waals surface area (Å²) in [4.78, 5) is 27.9. The van der Waals surface area contributed by atoms with Crippen LogP contribution in [0.4, 0.5) is 0 Å². The van der Waals surface area contributed by atoms with Crippen molar-refractivity contribution >= 4 is 23.2 Å². The molecule has 0 aliphatic carbocycles. The molecule has 0 fully saturated rings. The second-order valence-corrected chi connectivity index (χ2v) is 6.22. The van der Waals surface area contributed by atoms with E-state index in [1.807, 2.05) is 0 Å². The van der Waals surface area contributed by atoms with Crippen LogP contribution in [-0.2, 0) is 4.79 Å². The molecule has 1 aromatic carbocycles. The van der Waals surface area contributed by atoms with Crippen molar-refractivity contribution in [3.63, 3.8) is 0 Å². The predicted molar refractivity (Wildman–Crippen MR) is 88.9 cm³/mol. The van der Waals surface area contributed by atoms with E-state index in [1.165, 1.54) is 31.8 Å². The van der Waals surface area contributed by atoms with Crippen molar-refractivity contribution in [1.82, 2.24) is 10.3 Å². The number of hydrogen-bond acceptors (Lipinski definition) is 6. The molecule has 7 nitrogen and oxygen atoms in total. The van der Waals surface area contributed by atoms with Gasteiger partial charge in [-0.3, -0.25) is 9.59 Å². The highest BCUT2D eigenvalue weighted by molar-refractivity contribution is 7.13. The van der Waals surface area contributed by atoms with Crippen molar-refractivity contribution in [3.05, 3.63) is 39.8 Å². The number of methoxy groups -OCH3 is 2. The predicted octanol–water partition coefficient (Wildman–Crippen LogP) is 2.41. The maximum Gasteiger partial charge on any atom is 0.305 e. The normalized spacial score (nSPS) is 11.6. The number of aryl methyl sites for hydroxylation is 1. The van der Waals surface area contributed by atoms with Crippen molar-refractivity contribution in [1.29, 1.82) is 0 Å². The summed E-state index contributed by atoms with van der Waals surface area (Å²) in [6.07, 6.45) is 1.22. The summed E-state index contributed by atoms with van der Waals surface area (Å²) < 4.78 is 10.4. The SMILES string of the molecule is COc1ccc(C(CC(=O)O)NC(=O)c2cnc(C)s2)cc1OC. The lowest BCUT2D eigenvalue weighted by Gasteiger charge is -2.18. The molecule has 128 valence electrons. The van der Waals surface area contributed by atoms with E-state index in [-0.39, 0.29) is 12.3 Å². The average molecular weight is 350 g/mol. The lowest BCUT2D eigenvalue weighted by molar-refractivity contribution is -0.137. The summed E-state index contributed by atoms with van der Waals surface area (Å²) in [5, 5.41) is 12.6. The van der Waals surface area contributed by atoms with Gasteiger partial charge in [0.05, 0.1) is 37.9 Å². The lowest BCUT2D eigenvalue weighted by atomic mass is 10.0. The van der Waals surface area contributed by atoms with E-state index in [4.69, 9.17) is 14.6 Å². The zero-order valence-electron chi connectivity index (χ0n) is 13.5. The summed E-state index contributed by atoms with van der Waals surface area (Å²) >= 11 is 1.25. The van der Waals surface area contributed by atoms with Gasteiger partial charge in [0.2, 0.25) is 0 Å². The van der Waals surface area contributed by atoms with Crippen LogP contribution in [0.5, 0.6) is 11.5 Å². The van der Waals surface area contributed by atoms with Crippen LogP contribution in [-0.4, -0.2) is 36.2 Å². The Morgan fingerprint density at radius 3 is 2.54 bits per heavy atom. The minimum absolute atomic E-state index is 0.251. The molecule has 0 radical (unpaired) electrons. The second-order valence-electron chi connectivity index (χ2n) is 4.98. The van der Waals surface area contributed by atoms with Gasteiger partial charge < -0.3 is 19.9 Å². The molecule has 0 spiro atoms. The van der Waals surface area contributed by atoms with E-state index >= 15 is 0 Å². The molecule has 0 saturated carbocycles. The maximum absolute atomic E-state index is 12.3. The van der Waals surface area contributed by atoms with E-state index in [2.05, 4.69) is 10.3 Å². The first-order valence-corrected chi connectivity index (χ1v) is 7.93. The molecular formula is C16H18N2O5S. The number of rotatable bonds is 7. The lowest BCUT2D eigenvalue weighted by Crippen LogP contribution is -2.29. The molecule has 2 aromatic rings. The van der Waals surface area contributed by atoms with Gasteiger partial charge in [0.15, 0.2) is 11.5 Å².